The van der Waals surface area contributed by atoms with Gasteiger partial charge in [-0.05, 0) is 77.0 Å². The number of hydrogen-bond acceptors (Lipinski definition) is 5. The molecular weight excluding hydrogens is 1150 g/mol. The molecule has 94 heavy (non-hydrogen) atoms. The molecule has 0 radical (unpaired) electrons. The summed E-state index contributed by atoms with van der Waals surface area (Å²) in [6.07, 6.45) is 117. The lowest BCUT2D eigenvalue weighted by molar-refractivity contribution is -0.161. The number of aliphatic hydroxyl groups excluding tert-OH is 1. The highest BCUT2D eigenvalue weighted by atomic mass is 16.6. The molecule has 5 nitrogen and oxygen atoms in total. The van der Waals surface area contributed by atoms with Gasteiger partial charge in [0, 0.05) is 12.8 Å². The molecule has 0 aliphatic heterocycles. The number of esters is 2. The molecule has 0 fully saturated rings. The maximum atomic E-state index is 12.4. The number of allylic oxidation sites excluding steroid dienone is 8. The minimum Gasteiger partial charge on any atom is -0.462 e. The zero-order valence-corrected chi connectivity index (χ0v) is 64.0. The van der Waals surface area contributed by atoms with Crippen LogP contribution in [0.2, 0.25) is 0 Å². The van der Waals surface area contributed by atoms with E-state index in [1.165, 1.54) is 417 Å². The normalized spacial score (nSPS) is 12.3. The lowest BCUT2D eigenvalue weighted by atomic mass is 10.0. The lowest BCUT2D eigenvalue weighted by Crippen LogP contribution is -2.28. The van der Waals surface area contributed by atoms with E-state index in [0.717, 1.165) is 44.9 Å². The average molecular weight is 1320 g/mol. The van der Waals surface area contributed by atoms with Crippen LogP contribution in [0, 0.1) is 0 Å². The van der Waals surface area contributed by atoms with Crippen molar-refractivity contribution in [1.29, 1.82) is 0 Å². The Labute approximate surface area is 589 Å². The zero-order valence-electron chi connectivity index (χ0n) is 64.0. The van der Waals surface area contributed by atoms with Crippen molar-refractivity contribution in [3.05, 3.63) is 48.6 Å². The Morgan fingerprint density at radius 3 is 0.649 bits per heavy atom. The molecule has 554 valence electrons. The van der Waals surface area contributed by atoms with Crippen molar-refractivity contribution in [2.45, 2.75) is 495 Å². The quantitative estimate of drug-likeness (QED) is 0.0373. The summed E-state index contributed by atoms with van der Waals surface area (Å²) < 4.78 is 10.8. The van der Waals surface area contributed by atoms with Crippen LogP contribution in [0.3, 0.4) is 0 Å². The molecule has 5 heteroatoms. The van der Waals surface area contributed by atoms with Gasteiger partial charge in [-0.1, -0.05) is 448 Å². The highest BCUT2D eigenvalue weighted by Gasteiger charge is 2.16. The molecule has 0 aliphatic rings. The van der Waals surface area contributed by atoms with Gasteiger partial charge >= 0.3 is 11.9 Å². The standard InChI is InChI=1S/C89H168O5/c1-3-5-7-9-11-13-15-17-19-21-23-25-27-29-31-33-35-37-39-41-43-44-46-48-50-52-54-56-58-60-62-64-66-68-70-72-74-76-78-80-82-84-89(92)94-87(85-90)86-93-88(91)83-81-79-77-75-73-71-69-67-65-63-61-59-57-55-53-51-49-47-45-42-40-38-36-34-32-30-28-26-24-22-20-18-16-14-12-10-8-6-4-2/h15,17,21-24,27,29,87,90H,3-14,16,18-20,25-26,28,30-86H2,1-2H3/b17-15-,23-21-,24-22-,29-27-. The SMILES string of the molecule is CCCCCCC/C=C\C/C=C\C/C=C\CCCCCCCCCCCCCCCCCCCCCCCCCCCCC(=O)OC(CO)COC(=O)CCCCCCCCCCCCCCCCCCCCCCCCCCCCC/C=C\CCCCCCCCCC. The van der Waals surface area contributed by atoms with Crippen LogP contribution in [-0.2, 0) is 19.1 Å². The molecule has 1 N–H and O–H groups in total. The maximum absolute atomic E-state index is 12.4. The third kappa shape index (κ3) is 82.3. The lowest BCUT2D eigenvalue weighted by Gasteiger charge is -2.15. The largest absolute Gasteiger partial charge is 0.462 e. The van der Waals surface area contributed by atoms with Crippen LogP contribution >= 0.6 is 0 Å². The van der Waals surface area contributed by atoms with Gasteiger partial charge in [0.25, 0.3) is 0 Å². The summed E-state index contributed by atoms with van der Waals surface area (Å²) in [6, 6.07) is 0. The van der Waals surface area contributed by atoms with Crippen LogP contribution < -0.4 is 0 Å². The van der Waals surface area contributed by atoms with E-state index in [2.05, 4.69) is 62.5 Å². The van der Waals surface area contributed by atoms with Crippen LogP contribution in [-0.4, -0.2) is 36.4 Å². The Hall–Kier alpha value is -2.14. The fourth-order valence-electron chi connectivity index (χ4n) is 13.6. The van der Waals surface area contributed by atoms with Gasteiger partial charge in [-0.25, -0.2) is 0 Å². The van der Waals surface area contributed by atoms with E-state index in [9.17, 15) is 14.7 Å². The van der Waals surface area contributed by atoms with E-state index < -0.39 is 6.10 Å². The van der Waals surface area contributed by atoms with Crippen molar-refractivity contribution in [3.63, 3.8) is 0 Å². The van der Waals surface area contributed by atoms with E-state index in [-0.39, 0.29) is 25.2 Å². The summed E-state index contributed by atoms with van der Waals surface area (Å²) in [5.74, 6) is -0.560. The van der Waals surface area contributed by atoms with E-state index >= 15 is 0 Å². The van der Waals surface area contributed by atoms with Crippen molar-refractivity contribution in [1.82, 2.24) is 0 Å². The Morgan fingerprint density at radius 1 is 0.245 bits per heavy atom. The monoisotopic (exact) mass is 1320 g/mol. The van der Waals surface area contributed by atoms with Crippen molar-refractivity contribution in [2.24, 2.45) is 0 Å². The molecule has 0 amide bonds. The first-order chi connectivity index (χ1) is 46.6. The van der Waals surface area contributed by atoms with Gasteiger partial charge in [0.1, 0.15) is 6.61 Å². The summed E-state index contributed by atoms with van der Waals surface area (Å²) in [4.78, 5) is 24.8. The first-order valence-corrected chi connectivity index (χ1v) is 43.2. The number of rotatable bonds is 82. The van der Waals surface area contributed by atoms with Gasteiger partial charge in [0.2, 0.25) is 0 Å². The van der Waals surface area contributed by atoms with E-state index in [0.29, 0.717) is 12.8 Å². The molecule has 0 aromatic carbocycles. The van der Waals surface area contributed by atoms with E-state index in [4.69, 9.17) is 9.47 Å². The zero-order chi connectivity index (χ0) is 67.5. The first kappa shape index (κ1) is 91.9. The molecule has 1 atom stereocenters. The van der Waals surface area contributed by atoms with Crippen LogP contribution in [0.15, 0.2) is 48.6 Å². The average Bonchev–Trinajstić information content (AvgIpc) is 3.77. The number of hydrogen-bond donors (Lipinski definition) is 1. The van der Waals surface area contributed by atoms with Gasteiger partial charge in [0.05, 0.1) is 6.61 Å². The summed E-state index contributed by atoms with van der Waals surface area (Å²) in [7, 11) is 0. The van der Waals surface area contributed by atoms with Gasteiger partial charge < -0.3 is 14.6 Å². The van der Waals surface area contributed by atoms with Gasteiger partial charge in [-0.2, -0.15) is 0 Å². The molecule has 0 aliphatic carbocycles. The Kier molecular flexibility index (Phi) is 83.1. The van der Waals surface area contributed by atoms with E-state index in [1.807, 2.05) is 0 Å². The molecule has 0 aromatic rings. The third-order valence-corrected chi connectivity index (χ3v) is 20.1. The second-order valence-electron chi connectivity index (χ2n) is 29.6. The van der Waals surface area contributed by atoms with Crippen LogP contribution in [0.4, 0.5) is 0 Å². The Bertz CT molecular complexity index is 1550. The predicted octanol–water partition coefficient (Wildman–Crippen LogP) is 30.6. The molecule has 0 heterocycles. The molecule has 0 saturated heterocycles. The summed E-state index contributed by atoms with van der Waals surface area (Å²) in [5.41, 5.74) is 0. The van der Waals surface area contributed by atoms with Gasteiger partial charge in [-0.15, -0.1) is 0 Å². The highest BCUT2D eigenvalue weighted by Crippen LogP contribution is 2.21. The topological polar surface area (TPSA) is 72.8 Å². The fraction of sp³-hybridized carbons (Fsp3) is 0.888. The van der Waals surface area contributed by atoms with Gasteiger partial charge in [-0.3, -0.25) is 9.59 Å². The van der Waals surface area contributed by atoms with Crippen molar-refractivity contribution in [3.8, 4) is 0 Å². The van der Waals surface area contributed by atoms with Crippen LogP contribution in [0.25, 0.3) is 0 Å². The maximum Gasteiger partial charge on any atom is 0.306 e. The second kappa shape index (κ2) is 85.1. The summed E-state index contributed by atoms with van der Waals surface area (Å²) in [6.45, 7) is 4.20. The minimum absolute atomic E-state index is 0.0582. The number of unbranched alkanes of at least 4 members (excludes halogenated alkanes) is 66. The molecular formula is C89H168O5. The predicted molar refractivity (Wildman–Crippen MR) is 417 cm³/mol. The fourth-order valence-corrected chi connectivity index (χ4v) is 13.6. The van der Waals surface area contributed by atoms with Crippen molar-refractivity contribution < 1.29 is 24.2 Å². The van der Waals surface area contributed by atoms with Crippen molar-refractivity contribution in [2.75, 3.05) is 13.2 Å². The van der Waals surface area contributed by atoms with Crippen molar-refractivity contribution >= 4 is 11.9 Å². The second-order valence-corrected chi connectivity index (χ2v) is 29.6. The molecule has 0 rings (SSSR count). The molecule has 0 spiro atoms. The van der Waals surface area contributed by atoms with Gasteiger partial charge in [0.15, 0.2) is 6.10 Å². The number of carbonyl (C=O) groups excluding carboxylic acids is 2. The van der Waals surface area contributed by atoms with Crippen LogP contribution in [0.5, 0.6) is 0 Å². The number of carbonyl (C=O) groups is 2. The highest BCUT2D eigenvalue weighted by molar-refractivity contribution is 5.70. The minimum atomic E-state index is -0.770. The summed E-state index contributed by atoms with van der Waals surface area (Å²) >= 11 is 0. The molecule has 1 unspecified atom stereocenters. The first-order valence-electron chi connectivity index (χ1n) is 43.2. The molecule has 0 saturated carbocycles. The third-order valence-electron chi connectivity index (χ3n) is 20.1. The van der Waals surface area contributed by atoms with E-state index in [1.54, 1.807) is 0 Å². The Morgan fingerprint density at radius 2 is 0.426 bits per heavy atom. The molecule has 0 aromatic heterocycles. The van der Waals surface area contributed by atoms with Crippen LogP contribution in [0.1, 0.15) is 489 Å². The summed E-state index contributed by atoms with van der Waals surface area (Å²) in [5, 5.41) is 9.74. The smallest absolute Gasteiger partial charge is 0.306 e. The molecule has 0 bridgehead atoms. The Balaban J connectivity index is 3.35. The number of aliphatic hydroxyl groups is 1. The number of ether oxygens (including phenoxy) is 2.